The summed E-state index contributed by atoms with van der Waals surface area (Å²) in [5, 5.41) is 6.63. The molecular formula is C17H19F3N4OS. The van der Waals surface area contributed by atoms with Crippen molar-refractivity contribution >= 4 is 17.2 Å². The number of amides is 1. The molecule has 26 heavy (non-hydrogen) atoms. The highest BCUT2D eigenvalue weighted by Crippen LogP contribution is 2.34. The van der Waals surface area contributed by atoms with E-state index in [1.165, 1.54) is 23.1 Å². The first-order valence-corrected chi connectivity index (χ1v) is 9.37. The minimum absolute atomic E-state index is 0.154. The van der Waals surface area contributed by atoms with Crippen LogP contribution in [-0.2, 0) is 13.2 Å². The number of piperidine rings is 3. The minimum atomic E-state index is -4.48. The lowest BCUT2D eigenvalue weighted by molar-refractivity contribution is -0.141. The van der Waals surface area contributed by atoms with Gasteiger partial charge in [0.25, 0.3) is 5.91 Å². The summed E-state index contributed by atoms with van der Waals surface area (Å²) in [5.74, 6) is 0.369. The quantitative estimate of drug-likeness (QED) is 0.885. The van der Waals surface area contributed by atoms with Gasteiger partial charge in [-0.15, -0.1) is 11.3 Å². The van der Waals surface area contributed by atoms with Crippen LogP contribution in [0.15, 0.2) is 18.2 Å². The second kappa shape index (κ2) is 6.38. The first-order chi connectivity index (χ1) is 12.3. The van der Waals surface area contributed by atoms with Crippen molar-refractivity contribution in [1.82, 2.24) is 20.0 Å². The number of carbonyl (C=O) groups is 1. The summed E-state index contributed by atoms with van der Waals surface area (Å²) in [6.07, 6.45) is -2.27. The van der Waals surface area contributed by atoms with E-state index in [9.17, 15) is 18.0 Å². The molecular weight excluding hydrogens is 365 g/mol. The summed E-state index contributed by atoms with van der Waals surface area (Å²) in [6, 6.07) is 4.51. The summed E-state index contributed by atoms with van der Waals surface area (Å²) in [5.41, 5.74) is -0.578. The van der Waals surface area contributed by atoms with Crippen molar-refractivity contribution in [2.75, 3.05) is 19.6 Å². The lowest BCUT2D eigenvalue weighted by Crippen LogP contribution is -2.57. The van der Waals surface area contributed by atoms with E-state index < -0.39 is 11.9 Å². The van der Waals surface area contributed by atoms with E-state index in [0.29, 0.717) is 21.4 Å². The Hall–Kier alpha value is -1.87. The number of thiophene rings is 1. The normalized spacial score (nSPS) is 25.5. The average molecular weight is 384 g/mol. The third-order valence-corrected chi connectivity index (χ3v) is 6.33. The van der Waals surface area contributed by atoms with E-state index in [1.807, 2.05) is 0 Å². The summed E-state index contributed by atoms with van der Waals surface area (Å²) < 4.78 is 39.7. The monoisotopic (exact) mass is 384 g/mol. The number of fused-ring (bicyclic) bond motifs is 3. The van der Waals surface area contributed by atoms with Crippen LogP contribution in [-0.4, -0.2) is 46.3 Å². The van der Waals surface area contributed by atoms with Crippen LogP contribution < -0.4 is 5.32 Å². The van der Waals surface area contributed by atoms with Crippen LogP contribution in [0, 0.1) is 5.92 Å². The van der Waals surface area contributed by atoms with Gasteiger partial charge in [0.15, 0.2) is 5.69 Å². The number of halogens is 3. The van der Waals surface area contributed by atoms with Crippen molar-refractivity contribution < 1.29 is 18.0 Å². The lowest BCUT2D eigenvalue weighted by atomic mass is 9.84. The molecule has 5 heterocycles. The molecule has 3 fully saturated rings. The highest BCUT2D eigenvalue weighted by Gasteiger charge is 2.36. The SMILES string of the molecule is Cn1nc(C(F)(F)F)cc1-c1ccc(C(=O)N[C@H]2CN3CCC2CC3)s1. The molecule has 2 aromatic rings. The number of hydrogen-bond acceptors (Lipinski definition) is 4. The highest BCUT2D eigenvalue weighted by molar-refractivity contribution is 7.17. The molecule has 1 N–H and O–H groups in total. The standard InChI is InChI=1S/C17H19F3N4OS/c1-23-12(8-15(22-23)17(18,19)20)13-2-3-14(26-13)16(25)21-11-9-24-6-4-10(11)5-7-24/h2-3,8,10-11H,4-7,9H2,1H3,(H,21,25)/t11-/m0/s1. The molecule has 3 aliphatic heterocycles. The maximum atomic E-state index is 12.8. The number of rotatable bonds is 3. The molecule has 140 valence electrons. The van der Waals surface area contributed by atoms with Gasteiger partial charge in [0, 0.05) is 19.6 Å². The molecule has 0 saturated carbocycles. The van der Waals surface area contributed by atoms with Gasteiger partial charge in [0.2, 0.25) is 0 Å². The number of nitrogens with one attached hydrogen (secondary N) is 1. The van der Waals surface area contributed by atoms with Gasteiger partial charge >= 0.3 is 6.18 Å². The largest absolute Gasteiger partial charge is 0.435 e. The third-order valence-electron chi connectivity index (χ3n) is 5.23. The van der Waals surface area contributed by atoms with Crippen LogP contribution >= 0.6 is 11.3 Å². The van der Waals surface area contributed by atoms with Gasteiger partial charge in [-0.2, -0.15) is 18.3 Å². The van der Waals surface area contributed by atoms with Gasteiger partial charge in [0.1, 0.15) is 0 Å². The average Bonchev–Trinajstić information content (AvgIpc) is 3.22. The van der Waals surface area contributed by atoms with Crippen LogP contribution in [0.4, 0.5) is 13.2 Å². The Labute approximate surface area is 152 Å². The maximum Gasteiger partial charge on any atom is 0.435 e. The van der Waals surface area contributed by atoms with Crippen molar-refractivity contribution in [3.8, 4) is 10.6 Å². The number of carbonyl (C=O) groups excluding carboxylic acids is 1. The fraction of sp³-hybridized carbons (Fsp3) is 0.529. The van der Waals surface area contributed by atoms with Gasteiger partial charge in [0.05, 0.1) is 15.4 Å². The topological polar surface area (TPSA) is 50.2 Å². The van der Waals surface area contributed by atoms with Crippen LogP contribution in [0.5, 0.6) is 0 Å². The van der Waals surface area contributed by atoms with E-state index >= 15 is 0 Å². The van der Waals surface area contributed by atoms with Crippen LogP contribution in [0.1, 0.15) is 28.2 Å². The second-order valence-electron chi connectivity index (χ2n) is 6.92. The van der Waals surface area contributed by atoms with Crippen LogP contribution in [0.2, 0.25) is 0 Å². The van der Waals surface area contributed by atoms with E-state index in [4.69, 9.17) is 0 Å². The van der Waals surface area contributed by atoms with Gasteiger partial charge in [-0.3, -0.25) is 9.48 Å². The Morgan fingerprint density at radius 1 is 1.31 bits per heavy atom. The zero-order valence-electron chi connectivity index (χ0n) is 14.2. The summed E-state index contributed by atoms with van der Waals surface area (Å²) in [6.45, 7) is 3.08. The Morgan fingerprint density at radius 2 is 2.04 bits per heavy atom. The first-order valence-electron chi connectivity index (χ1n) is 8.56. The van der Waals surface area contributed by atoms with Crippen molar-refractivity contribution in [3.63, 3.8) is 0 Å². The van der Waals surface area contributed by atoms with Gasteiger partial charge in [-0.25, -0.2) is 0 Å². The van der Waals surface area contributed by atoms with Crippen molar-refractivity contribution in [3.05, 3.63) is 28.8 Å². The molecule has 3 saturated heterocycles. The first kappa shape index (κ1) is 17.5. The highest BCUT2D eigenvalue weighted by atomic mass is 32.1. The fourth-order valence-electron chi connectivity index (χ4n) is 3.80. The molecule has 0 unspecified atom stereocenters. The van der Waals surface area contributed by atoms with Gasteiger partial charge < -0.3 is 10.2 Å². The number of aryl methyl sites for hydroxylation is 1. The van der Waals surface area contributed by atoms with Crippen molar-refractivity contribution in [2.24, 2.45) is 13.0 Å². The molecule has 0 spiro atoms. The lowest BCUT2D eigenvalue weighted by Gasteiger charge is -2.44. The third kappa shape index (κ3) is 3.25. The van der Waals surface area contributed by atoms with E-state index in [0.717, 1.165) is 38.5 Å². The van der Waals surface area contributed by atoms with Crippen LogP contribution in [0.3, 0.4) is 0 Å². The van der Waals surface area contributed by atoms with Crippen LogP contribution in [0.25, 0.3) is 10.6 Å². The Morgan fingerprint density at radius 3 is 2.62 bits per heavy atom. The van der Waals surface area contributed by atoms with Crippen molar-refractivity contribution in [2.45, 2.75) is 25.1 Å². The molecule has 0 aromatic carbocycles. The zero-order chi connectivity index (χ0) is 18.5. The molecule has 2 bridgehead atoms. The predicted octanol–water partition coefficient (Wildman–Crippen LogP) is 2.99. The molecule has 0 aliphatic carbocycles. The Balaban J connectivity index is 1.49. The van der Waals surface area contributed by atoms with E-state index in [2.05, 4.69) is 15.3 Å². The molecule has 9 heteroatoms. The maximum absolute atomic E-state index is 12.8. The number of alkyl halides is 3. The molecule has 5 nitrogen and oxygen atoms in total. The molecule has 3 aliphatic rings. The molecule has 1 amide bonds. The van der Waals surface area contributed by atoms with E-state index in [-0.39, 0.29) is 11.9 Å². The minimum Gasteiger partial charge on any atom is -0.347 e. The van der Waals surface area contributed by atoms with Gasteiger partial charge in [-0.1, -0.05) is 0 Å². The predicted molar refractivity (Wildman–Crippen MR) is 91.9 cm³/mol. The number of aromatic nitrogens is 2. The van der Waals surface area contributed by atoms with Crippen molar-refractivity contribution in [1.29, 1.82) is 0 Å². The summed E-state index contributed by atoms with van der Waals surface area (Å²) in [4.78, 5) is 16.0. The fourth-order valence-corrected chi connectivity index (χ4v) is 4.76. The Bertz CT molecular complexity index is 820. The molecule has 0 radical (unpaired) electrons. The Kier molecular flexibility index (Phi) is 4.31. The summed E-state index contributed by atoms with van der Waals surface area (Å²) >= 11 is 1.19. The van der Waals surface area contributed by atoms with Gasteiger partial charge in [-0.05, 0) is 50.0 Å². The molecule has 5 rings (SSSR count). The number of hydrogen-bond donors (Lipinski definition) is 1. The second-order valence-corrected chi connectivity index (χ2v) is 8.00. The summed E-state index contributed by atoms with van der Waals surface area (Å²) in [7, 11) is 1.47. The van der Waals surface area contributed by atoms with E-state index in [1.54, 1.807) is 12.1 Å². The smallest absolute Gasteiger partial charge is 0.347 e. The zero-order valence-corrected chi connectivity index (χ0v) is 15.0. The molecule has 2 aromatic heterocycles. The molecule has 1 atom stereocenters. The number of nitrogens with zero attached hydrogens (tertiary/aromatic N) is 3.